The van der Waals surface area contributed by atoms with Gasteiger partial charge < -0.3 is 0 Å². The Morgan fingerprint density at radius 1 is 0.765 bits per heavy atom. The summed E-state index contributed by atoms with van der Waals surface area (Å²) in [6.45, 7) is 5.17. The molecule has 0 nitrogen and oxygen atoms in total. The molecule has 5 atom stereocenters. The first kappa shape index (κ1) is 12.1. The van der Waals surface area contributed by atoms with Crippen LogP contribution in [0.25, 0.3) is 0 Å². The van der Waals surface area contributed by atoms with Crippen molar-refractivity contribution < 1.29 is 0 Å². The summed E-state index contributed by atoms with van der Waals surface area (Å²) in [7, 11) is 0. The standard InChI is InChI=1S/C17H30/c1-13-7-4-3-5-8-15-14(13)10-12-17(2)11-6-9-16(15)17/h13-16H,3-12H2,1-2H3. The summed E-state index contributed by atoms with van der Waals surface area (Å²) in [5.41, 5.74) is 0.750. The Labute approximate surface area is 108 Å². The van der Waals surface area contributed by atoms with Crippen LogP contribution < -0.4 is 0 Å². The highest BCUT2D eigenvalue weighted by Gasteiger charge is 2.49. The van der Waals surface area contributed by atoms with Gasteiger partial charge in [0.1, 0.15) is 0 Å². The summed E-state index contributed by atoms with van der Waals surface area (Å²) in [6.07, 6.45) is 15.4. The summed E-state index contributed by atoms with van der Waals surface area (Å²) in [5, 5.41) is 0. The van der Waals surface area contributed by atoms with Crippen molar-refractivity contribution in [2.45, 2.75) is 78.1 Å². The Bertz CT molecular complexity index is 269. The number of rotatable bonds is 0. The van der Waals surface area contributed by atoms with E-state index in [4.69, 9.17) is 0 Å². The van der Waals surface area contributed by atoms with Gasteiger partial charge in [0.15, 0.2) is 0 Å². The van der Waals surface area contributed by atoms with Gasteiger partial charge in [0.25, 0.3) is 0 Å². The molecule has 0 saturated heterocycles. The van der Waals surface area contributed by atoms with Crippen LogP contribution >= 0.6 is 0 Å². The van der Waals surface area contributed by atoms with Crippen molar-refractivity contribution in [2.75, 3.05) is 0 Å². The lowest BCUT2D eigenvalue weighted by molar-refractivity contribution is 0.00371. The number of hydrogen-bond donors (Lipinski definition) is 0. The van der Waals surface area contributed by atoms with Crippen molar-refractivity contribution in [3.8, 4) is 0 Å². The third kappa shape index (κ3) is 2.06. The van der Waals surface area contributed by atoms with Gasteiger partial charge in [-0.05, 0) is 61.2 Å². The van der Waals surface area contributed by atoms with E-state index in [1.807, 2.05) is 0 Å². The molecule has 3 aliphatic carbocycles. The van der Waals surface area contributed by atoms with Crippen molar-refractivity contribution in [2.24, 2.45) is 29.1 Å². The Balaban J connectivity index is 1.81. The van der Waals surface area contributed by atoms with E-state index in [1.165, 1.54) is 38.5 Å². The molecule has 98 valence electrons. The fourth-order valence-electron chi connectivity index (χ4n) is 5.67. The summed E-state index contributed by atoms with van der Waals surface area (Å²) >= 11 is 0. The third-order valence-electron chi connectivity index (χ3n) is 6.70. The van der Waals surface area contributed by atoms with Gasteiger partial charge in [0.05, 0.1) is 0 Å². The van der Waals surface area contributed by atoms with Crippen molar-refractivity contribution >= 4 is 0 Å². The summed E-state index contributed by atoms with van der Waals surface area (Å²) in [4.78, 5) is 0. The molecule has 0 aromatic heterocycles. The van der Waals surface area contributed by atoms with Crippen LogP contribution in [0.2, 0.25) is 0 Å². The van der Waals surface area contributed by atoms with E-state index >= 15 is 0 Å². The first-order valence-electron chi connectivity index (χ1n) is 8.21. The second kappa shape index (κ2) is 4.59. The predicted octanol–water partition coefficient (Wildman–Crippen LogP) is 5.42. The van der Waals surface area contributed by atoms with E-state index in [9.17, 15) is 0 Å². The molecule has 17 heavy (non-hydrogen) atoms. The Morgan fingerprint density at radius 3 is 2.47 bits per heavy atom. The molecule has 0 heterocycles. The Kier molecular flexibility index (Phi) is 3.26. The van der Waals surface area contributed by atoms with Crippen molar-refractivity contribution in [3.63, 3.8) is 0 Å². The second-order valence-electron chi connectivity index (χ2n) is 7.63. The zero-order valence-corrected chi connectivity index (χ0v) is 11.9. The van der Waals surface area contributed by atoms with Gasteiger partial charge in [-0.3, -0.25) is 0 Å². The van der Waals surface area contributed by atoms with E-state index in [-0.39, 0.29) is 0 Å². The molecule has 5 unspecified atom stereocenters. The maximum atomic E-state index is 2.62. The van der Waals surface area contributed by atoms with Crippen LogP contribution in [-0.2, 0) is 0 Å². The second-order valence-corrected chi connectivity index (χ2v) is 7.63. The minimum Gasteiger partial charge on any atom is -0.0622 e. The van der Waals surface area contributed by atoms with Crippen LogP contribution in [0.1, 0.15) is 78.1 Å². The van der Waals surface area contributed by atoms with E-state index in [0.29, 0.717) is 0 Å². The van der Waals surface area contributed by atoms with Crippen LogP contribution in [0.3, 0.4) is 0 Å². The summed E-state index contributed by atoms with van der Waals surface area (Å²) in [6, 6.07) is 0. The highest BCUT2D eigenvalue weighted by molar-refractivity contribution is 4.99. The zero-order valence-electron chi connectivity index (χ0n) is 11.9. The van der Waals surface area contributed by atoms with Crippen LogP contribution in [0.15, 0.2) is 0 Å². The zero-order chi connectivity index (χ0) is 11.9. The SMILES string of the molecule is CC1CCCCCC2C1CCC1(C)CCCC21. The molecule has 0 heteroatoms. The summed E-state index contributed by atoms with van der Waals surface area (Å²) in [5.74, 6) is 4.31. The van der Waals surface area contributed by atoms with Gasteiger partial charge in [0, 0.05) is 0 Å². The van der Waals surface area contributed by atoms with Crippen LogP contribution in [0, 0.1) is 29.1 Å². The Morgan fingerprint density at radius 2 is 1.59 bits per heavy atom. The molecular weight excluding hydrogens is 204 g/mol. The molecule has 0 N–H and O–H groups in total. The van der Waals surface area contributed by atoms with Crippen molar-refractivity contribution in [1.29, 1.82) is 0 Å². The minimum atomic E-state index is 0.750. The average Bonchev–Trinajstić information content (AvgIpc) is 2.67. The fourth-order valence-corrected chi connectivity index (χ4v) is 5.67. The molecule has 0 aromatic rings. The smallest absolute Gasteiger partial charge is 0.0295 e. The molecule has 0 aromatic carbocycles. The summed E-state index contributed by atoms with van der Waals surface area (Å²) < 4.78 is 0. The van der Waals surface area contributed by atoms with E-state index < -0.39 is 0 Å². The lowest BCUT2D eigenvalue weighted by Gasteiger charge is -2.49. The molecule has 3 rings (SSSR count). The van der Waals surface area contributed by atoms with Gasteiger partial charge >= 0.3 is 0 Å². The third-order valence-corrected chi connectivity index (χ3v) is 6.70. The lowest BCUT2D eigenvalue weighted by Crippen LogP contribution is -2.41. The van der Waals surface area contributed by atoms with Gasteiger partial charge in [-0.1, -0.05) is 46.0 Å². The molecule has 3 fully saturated rings. The topological polar surface area (TPSA) is 0 Å². The van der Waals surface area contributed by atoms with Gasteiger partial charge in [-0.15, -0.1) is 0 Å². The first-order chi connectivity index (χ1) is 8.21. The molecule has 0 radical (unpaired) electrons. The minimum absolute atomic E-state index is 0.750. The van der Waals surface area contributed by atoms with Crippen molar-refractivity contribution in [1.82, 2.24) is 0 Å². The van der Waals surface area contributed by atoms with Crippen LogP contribution in [0.5, 0.6) is 0 Å². The van der Waals surface area contributed by atoms with Crippen LogP contribution in [-0.4, -0.2) is 0 Å². The number of fused-ring (bicyclic) bond motifs is 3. The van der Waals surface area contributed by atoms with Gasteiger partial charge in [-0.2, -0.15) is 0 Å². The molecule has 3 aliphatic rings. The highest BCUT2D eigenvalue weighted by Crippen LogP contribution is 2.59. The maximum absolute atomic E-state index is 2.62. The predicted molar refractivity (Wildman–Crippen MR) is 73.9 cm³/mol. The van der Waals surface area contributed by atoms with Crippen molar-refractivity contribution in [3.05, 3.63) is 0 Å². The van der Waals surface area contributed by atoms with E-state index in [0.717, 1.165) is 29.1 Å². The largest absolute Gasteiger partial charge is 0.0622 e. The maximum Gasteiger partial charge on any atom is -0.0295 e. The molecule has 0 spiro atoms. The quantitative estimate of drug-likeness (QED) is 0.525. The number of hydrogen-bond acceptors (Lipinski definition) is 0. The molecule has 0 aliphatic heterocycles. The molecule has 3 saturated carbocycles. The molecular formula is C17H30. The average molecular weight is 234 g/mol. The van der Waals surface area contributed by atoms with Gasteiger partial charge in [-0.25, -0.2) is 0 Å². The van der Waals surface area contributed by atoms with Crippen LogP contribution in [0.4, 0.5) is 0 Å². The van der Waals surface area contributed by atoms with Gasteiger partial charge in [0.2, 0.25) is 0 Å². The Hall–Kier alpha value is 0. The first-order valence-corrected chi connectivity index (χ1v) is 8.21. The monoisotopic (exact) mass is 234 g/mol. The lowest BCUT2D eigenvalue weighted by atomic mass is 9.56. The molecule has 0 bridgehead atoms. The van der Waals surface area contributed by atoms with E-state index in [2.05, 4.69) is 13.8 Å². The normalized spacial score (nSPS) is 51.2. The van der Waals surface area contributed by atoms with E-state index in [1.54, 1.807) is 25.7 Å². The fraction of sp³-hybridized carbons (Fsp3) is 1.00. The highest BCUT2D eigenvalue weighted by atomic mass is 14.5. The molecule has 0 amide bonds.